The Hall–Kier alpha value is -1.86. The number of hydrogen-bond donors (Lipinski definition) is 1. The van der Waals surface area contributed by atoms with Crippen molar-refractivity contribution in [2.45, 2.75) is 62.8 Å². The Balaban J connectivity index is 1.31. The fraction of sp³-hybridized carbons (Fsp3) is 0.630. The van der Waals surface area contributed by atoms with Gasteiger partial charge >= 0.3 is 5.97 Å². The van der Waals surface area contributed by atoms with Crippen molar-refractivity contribution in [1.82, 2.24) is 9.88 Å². The fourth-order valence-electron chi connectivity index (χ4n) is 5.54. The minimum Gasteiger partial charge on any atom is -0.497 e. The molecule has 1 aromatic heterocycles. The summed E-state index contributed by atoms with van der Waals surface area (Å²) in [5.41, 5.74) is 1.34. The molecule has 1 saturated heterocycles. The molecule has 4 rings (SSSR count). The largest absolute Gasteiger partial charge is 0.497 e. The molecular weight excluding hydrogens is 451 g/mol. The number of methoxy groups -OCH3 is 1. The van der Waals surface area contributed by atoms with Crippen molar-refractivity contribution >= 4 is 28.6 Å². The third-order valence-electron chi connectivity index (χ3n) is 7.58. The Morgan fingerprint density at radius 3 is 2.85 bits per heavy atom. The quantitative estimate of drug-likeness (QED) is 0.435. The Kier molecular flexibility index (Phi) is 9.06. The summed E-state index contributed by atoms with van der Waals surface area (Å²) >= 11 is 2.06. The topological polar surface area (TPSA) is 62.7 Å². The van der Waals surface area contributed by atoms with E-state index in [1.807, 2.05) is 18.2 Å². The zero-order chi connectivity index (χ0) is 23.9. The Labute approximate surface area is 206 Å². The van der Waals surface area contributed by atoms with E-state index in [4.69, 9.17) is 4.74 Å². The zero-order valence-electron chi connectivity index (χ0n) is 20.1. The number of carboxylic acid groups (broad SMARTS) is 1. The Morgan fingerprint density at radius 2 is 2.09 bits per heavy atom. The van der Waals surface area contributed by atoms with Gasteiger partial charge in [0.25, 0.3) is 0 Å². The summed E-state index contributed by atoms with van der Waals surface area (Å²) < 4.78 is 20.7. The number of pyridine rings is 1. The predicted octanol–water partition coefficient (Wildman–Crippen LogP) is 6.12. The monoisotopic (exact) mass is 488 g/mol. The molecule has 1 aliphatic carbocycles. The fourth-order valence-corrected chi connectivity index (χ4v) is 6.90. The number of aromatic nitrogens is 1. The third-order valence-corrected chi connectivity index (χ3v) is 8.94. The average molecular weight is 489 g/mol. The maximum Gasteiger partial charge on any atom is 0.308 e. The number of ether oxygens (including phenoxy) is 1. The summed E-state index contributed by atoms with van der Waals surface area (Å²) in [4.78, 5) is 18.7. The van der Waals surface area contributed by atoms with Gasteiger partial charge in [-0.2, -0.15) is 11.8 Å². The van der Waals surface area contributed by atoms with Crippen LogP contribution in [0, 0.1) is 11.8 Å². The maximum atomic E-state index is 15.4. The minimum atomic E-state index is -1.16. The molecule has 0 radical (unpaired) electrons. The number of piperidine rings is 1. The number of alkyl halides is 1. The Bertz CT molecular complexity index is 953. The number of fused-ring (bicyclic) bond motifs is 1. The molecule has 1 aromatic carbocycles. The summed E-state index contributed by atoms with van der Waals surface area (Å²) in [5.74, 6) is 0.598. The second-order valence-corrected chi connectivity index (χ2v) is 11.2. The number of rotatable bonds is 10. The maximum absolute atomic E-state index is 15.4. The molecule has 1 saturated carbocycles. The van der Waals surface area contributed by atoms with Gasteiger partial charge in [0.1, 0.15) is 11.9 Å². The molecular formula is C27H37FN2O3S. The van der Waals surface area contributed by atoms with E-state index in [1.54, 1.807) is 19.4 Å². The number of carbonyl (C=O) groups is 1. The highest BCUT2D eigenvalue weighted by molar-refractivity contribution is 7.99. The molecule has 5 nitrogen and oxygen atoms in total. The van der Waals surface area contributed by atoms with Crippen LogP contribution in [-0.2, 0) is 4.79 Å². The van der Waals surface area contributed by atoms with Crippen LogP contribution in [0.2, 0.25) is 0 Å². The lowest BCUT2D eigenvalue weighted by atomic mass is 9.81. The first kappa shape index (κ1) is 25.2. The highest BCUT2D eigenvalue weighted by Gasteiger charge is 2.34. The average Bonchev–Trinajstić information content (AvgIpc) is 2.87. The molecule has 34 heavy (non-hydrogen) atoms. The molecule has 2 fully saturated rings. The highest BCUT2D eigenvalue weighted by atomic mass is 32.2. The van der Waals surface area contributed by atoms with Crippen molar-refractivity contribution in [3.05, 3.63) is 36.0 Å². The Morgan fingerprint density at radius 1 is 1.26 bits per heavy atom. The predicted molar refractivity (Wildman–Crippen MR) is 136 cm³/mol. The van der Waals surface area contributed by atoms with E-state index >= 15 is 4.39 Å². The van der Waals surface area contributed by atoms with Crippen LogP contribution in [0.15, 0.2) is 30.5 Å². The first-order valence-corrected chi connectivity index (χ1v) is 13.7. The molecule has 0 bridgehead atoms. The summed E-state index contributed by atoms with van der Waals surface area (Å²) in [6.07, 6.45) is 8.93. The number of halogens is 1. The number of hydrogen-bond acceptors (Lipinski definition) is 5. The first-order valence-electron chi connectivity index (χ1n) is 12.7. The number of aliphatic carboxylic acids is 1. The third kappa shape index (κ3) is 6.42. The van der Waals surface area contributed by atoms with Gasteiger partial charge in [-0.05, 0) is 74.4 Å². The molecule has 2 aromatic rings. The van der Waals surface area contributed by atoms with Crippen molar-refractivity contribution in [2.75, 3.05) is 32.5 Å². The molecule has 1 aliphatic heterocycles. The van der Waals surface area contributed by atoms with E-state index in [0.29, 0.717) is 30.7 Å². The van der Waals surface area contributed by atoms with Gasteiger partial charge < -0.3 is 14.7 Å². The van der Waals surface area contributed by atoms with Crippen molar-refractivity contribution < 1.29 is 19.0 Å². The normalized spacial score (nSPS) is 23.1. The van der Waals surface area contributed by atoms with Gasteiger partial charge in [0.05, 0.1) is 18.5 Å². The van der Waals surface area contributed by atoms with Crippen LogP contribution in [0.5, 0.6) is 5.75 Å². The molecule has 7 heteroatoms. The van der Waals surface area contributed by atoms with Gasteiger partial charge in [-0.15, -0.1) is 0 Å². The molecule has 2 heterocycles. The molecule has 2 aliphatic rings. The summed E-state index contributed by atoms with van der Waals surface area (Å²) in [5, 5.41) is 11.4. The van der Waals surface area contributed by atoms with Crippen molar-refractivity contribution in [3.8, 4) is 5.75 Å². The van der Waals surface area contributed by atoms with E-state index in [1.165, 1.54) is 32.1 Å². The molecule has 1 N–H and O–H groups in total. The highest BCUT2D eigenvalue weighted by Crippen LogP contribution is 2.36. The van der Waals surface area contributed by atoms with E-state index in [-0.39, 0.29) is 5.92 Å². The molecule has 186 valence electrons. The van der Waals surface area contributed by atoms with Gasteiger partial charge in [-0.25, -0.2) is 4.39 Å². The van der Waals surface area contributed by atoms with Crippen LogP contribution in [0.1, 0.15) is 63.1 Å². The minimum absolute atomic E-state index is 0.0145. The van der Waals surface area contributed by atoms with Gasteiger partial charge in [0.15, 0.2) is 0 Å². The second kappa shape index (κ2) is 12.2. The molecule has 0 spiro atoms. The summed E-state index contributed by atoms with van der Waals surface area (Å²) in [6, 6.07) is 7.22. The summed E-state index contributed by atoms with van der Waals surface area (Å²) in [6.45, 7) is 2.44. The van der Waals surface area contributed by atoms with Crippen LogP contribution in [0.4, 0.5) is 4.39 Å². The molecule has 3 atom stereocenters. The van der Waals surface area contributed by atoms with E-state index in [2.05, 4.69) is 21.6 Å². The smallest absolute Gasteiger partial charge is 0.308 e. The van der Waals surface area contributed by atoms with Crippen LogP contribution >= 0.6 is 11.8 Å². The lowest BCUT2D eigenvalue weighted by molar-refractivity contribution is -0.146. The SMILES string of the molecule is COc1ccc2nccc([C@@H](F)CC[C@@H]3CCN(CCSC4CCCCC4)C[C@@H]3C(=O)O)c2c1. The van der Waals surface area contributed by atoms with Gasteiger partial charge in [-0.3, -0.25) is 9.78 Å². The van der Waals surface area contributed by atoms with Crippen LogP contribution in [0.25, 0.3) is 10.9 Å². The number of thioether (sulfide) groups is 1. The van der Waals surface area contributed by atoms with E-state index in [0.717, 1.165) is 41.4 Å². The zero-order valence-corrected chi connectivity index (χ0v) is 20.9. The van der Waals surface area contributed by atoms with Crippen molar-refractivity contribution in [1.29, 1.82) is 0 Å². The number of benzene rings is 1. The number of likely N-dealkylation sites (tertiary alicyclic amines) is 1. The van der Waals surface area contributed by atoms with Gasteiger partial charge in [-0.1, -0.05) is 19.3 Å². The van der Waals surface area contributed by atoms with E-state index in [9.17, 15) is 9.90 Å². The lowest BCUT2D eigenvalue weighted by Gasteiger charge is -2.37. The van der Waals surface area contributed by atoms with Gasteiger partial charge in [0.2, 0.25) is 0 Å². The summed E-state index contributed by atoms with van der Waals surface area (Å²) in [7, 11) is 1.59. The lowest BCUT2D eigenvalue weighted by Crippen LogP contribution is -2.44. The number of carboxylic acids is 1. The van der Waals surface area contributed by atoms with Crippen molar-refractivity contribution in [2.24, 2.45) is 11.8 Å². The van der Waals surface area contributed by atoms with Crippen LogP contribution < -0.4 is 4.74 Å². The van der Waals surface area contributed by atoms with E-state index < -0.39 is 18.1 Å². The van der Waals surface area contributed by atoms with Gasteiger partial charge in [0, 0.05) is 35.7 Å². The second-order valence-electron chi connectivity index (χ2n) is 9.75. The number of nitrogens with zero attached hydrogens (tertiary/aromatic N) is 2. The van der Waals surface area contributed by atoms with Crippen LogP contribution in [0.3, 0.4) is 0 Å². The van der Waals surface area contributed by atoms with Crippen molar-refractivity contribution in [3.63, 3.8) is 0 Å². The molecule has 0 unspecified atom stereocenters. The van der Waals surface area contributed by atoms with Crippen LogP contribution in [-0.4, -0.2) is 58.7 Å². The standard InChI is InChI=1S/C27H37FN2O3S/c1-33-20-8-10-26-23(17-20)22(11-13-29-26)25(28)9-7-19-12-14-30(18-24(19)27(31)32)15-16-34-21-5-3-2-4-6-21/h8,10-11,13,17,19,21,24-25H,2-7,9,12,14-16,18H2,1H3,(H,31,32)/t19-,24+,25+/m1/s1. The molecule has 0 amide bonds. The first-order chi connectivity index (χ1) is 16.5.